The molecule has 5 rings (SSSR count). The van der Waals surface area contributed by atoms with E-state index in [1.165, 1.54) is 27.6 Å². The van der Waals surface area contributed by atoms with E-state index >= 15 is 0 Å². The van der Waals surface area contributed by atoms with E-state index in [0.29, 0.717) is 38.5 Å². The molecule has 0 bridgehead atoms. The molecule has 1 fully saturated rings. The average Bonchev–Trinajstić information content (AvgIpc) is 2.91. The number of hydrogen-bond donors (Lipinski definition) is 0. The first-order valence-corrected chi connectivity index (χ1v) is 12.5. The lowest BCUT2D eigenvalue weighted by Crippen LogP contribution is -2.51. The molecule has 1 aliphatic heterocycles. The van der Waals surface area contributed by atoms with Gasteiger partial charge in [-0.25, -0.2) is 14.8 Å². The molecular weight excluding hydrogens is 468 g/mol. The summed E-state index contributed by atoms with van der Waals surface area (Å²) in [6, 6.07) is 15.8. The molecule has 0 atom stereocenters. The highest BCUT2D eigenvalue weighted by Gasteiger charge is 2.24. The molecule has 3 heterocycles. The van der Waals surface area contributed by atoms with E-state index in [1.807, 2.05) is 37.3 Å². The molecule has 0 N–H and O–H groups in total. The third kappa shape index (κ3) is 4.64. The van der Waals surface area contributed by atoms with Crippen LogP contribution in [0.5, 0.6) is 0 Å². The number of anilines is 1. The Bertz CT molecular complexity index is 1580. The maximum atomic E-state index is 13.3. The lowest BCUT2D eigenvalue weighted by molar-refractivity contribution is -0.132. The molecule has 1 saturated heterocycles. The number of carbonyl (C=O) groups is 1. The summed E-state index contributed by atoms with van der Waals surface area (Å²) in [6.45, 7) is 8.42. The van der Waals surface area contributed by atoms with Crippen LogP contribution in [0.25, 0.3) is 22.4 Å². The minimum Gasteiger partial charge on any atom is -0.368 e. The van der Waals surface area contributed by atoms with Gasteiger partial charge < -0.3 is 9.80 Å². The van der Waals surface area contributed by atoms with Crippen LogP contribution < -0.4 is 16.1 Å². The molecule has 0 spiro atoms. The van der Waals surface area contributed by atoms with Gasteiger partial charge >= 0.3 is 5.69 Å². The number of fused-ring (bicyclic) bond motifs is 1. The quantitative estimate of drug-likeness (QED) is 0.420. The monoisotopic (exact) mass is 498 g/mol. The van der Waals surface area contributed by atoms with E-state index in [0.717, 1.165) is 10.1 Å². The molecule has 0 unspecified atom stereocenters. The van der Waals surface area contributed by atoms with Crippen LogP contribution in [0.4, 0.5) is 5.69 Å². The molecule has 0 saturated carbocycles. The number of rotatable bonds is 5. The first kappa shape index (κ1) is 24.4. The van der Waals surface area contributed by atoms with Crippen LogP contribution in [0.3, 0.4) is 0 Å². The number of nitrogens with zero attached hydrogens (tertiary/aromatic N) is 6. The first-order valence-electron chi connectivity index (χ1n) is 12.5. The number of piperazine rings is 1. The number of carbonyl (C=O) groups excluding carboxylic acids is 1. The fourth-order valence-corrected chi connectivity index (χ4v) is 4.94. The standard InChI is InChI=1S/C28H30N6O3/c1-4-33-26-22(17-29-25(30-26)21-8-6-5-7-9-21)27(36)34(28(33)37)18-24(35)32-14-12-31(13-15-32)23-11-10-19(2)16-20(23)3/h5-11,16-17H,4,12-15,18H2,1-3H3. The molecule has 9 nitrogen and oxygen atoms in total. The zero-order valence-corrected chi connectivity index (χ0v) is 21.3. The Kier molecular flexibility index (Phi) is 6.60. The smallest absolute Gasteiger partial charge is 0.333 e. The van der Waals surface area contributed by atoms with Crippen molar-refractivity contribution in [3.8, 4) is 11.4 Å². The lowest BCUT2D eigenvalue weighted by Gasteiger charge is -2.37. The van der Waals surface area contributed by atoms with E-state index in [1.54, 1.807) is 4.90 Å². The fraction of sp³-hybridized carbons (Fsp3) is 0.321. The van der Waals surface area contributed by atoms with E-state index in [4.69, 9.17) is 0 Å². The maximum Gasteiger partial charge on any atom is 0.333 e. The van der Waals surface area contributed by atoms with Crippen LogP contribution in [0.1, 0.15) is 18.1 Å². The predicted molar refractivity (Wildman–Crippen MR) is 144 cm³/mol. The number of aryl methyl sites for hydroxylation is 3. The highest BCUT2D eigenvalue weighted by molar-refractivity contribution is 5.78. The minimum absolute atomic E-state index is 0.216. The summed E-state index contributed by atoms with van der Waals surface area (Å²) in [5, 5.41) is 0.216. The van der Waals surface area contributed by atoms with E-state index in [-0.39, 0.29) is 23.5 Å². The van der Waals surface area contributed by atoms with Gasteiger partial charge in [-0.3, -0.25) is 18.7 Å². The predicted octanol–water partition coefficient (Wildman–Crippen LogP) is 2.61. The zero-order chi connectivity index (χ0) is 26.1. The maximum absolute atomic E-state index is 13.3. The van der Waals surface area contributed by atoms with Gasteiger partial charge in [0.25, 0.3) is 5.56 Å². The first-order chi connectivity index (χ1) is 17.9. The van der Waals surface area contributed by atoms with Gasteiger partial charge in [-0.05, 0) is 32.4 Å². The number of benzene rings is 2. The van der Waals surface area contributed by atoms with Crippen molar-refractivity contribution in [1.29, 1.82) is 0 Å². The largest absolute Gasteiger partial charge is 0.368 e. The Morgan fingerprint density at radius 2 is 1.68 bits per heavy atom. The Hall–Kier alpha value is -4.27. The van der Waals surface area contributed by atoms with Crippen molar-refractivity contribution in [1.82, 2.24) is 24.0 Å². The van der Waals surface area contributed by atoms with E-state index in [2.05, 4.69) is 46.9 Å². The van der Waals surface area contributed by atoms with Gasteiger partial charge in [-0.1, -0.05) is 48.0 Å². The molecular formula is C28H30N6O3. The molecule has 1 aliphatic rings. The van der Waals surface area contributed by atoms with Gasteiger partial charge in [0.2, 0.25) is 5.91 Å². The second-order valence-electron chi connectivity index (χ2n) is 9.37. The summed E-state index contributed by atoms with van der Waals surface area (Å²) in [5.41, 5.74) is 3.57. The Balaban J connectivity index is 1.39. The summed E-state index contributed by atoms with van der Waals surface area (Å²) in [5.74, 6) is 0.188. The second-order valence-corrected chi connectivity index (χ2v) is 9.37. The molecule has 9 heteroatoms. The van der Waals surface area contributed by atoms with Gasteiger partial charge in [0.05, 0.1) is 0 Å². The van der Waals surface area contributed by atoms with Gasteiger partial charge in [0.15, 0.2) is 11.5 Å². The third-order valence-electron chi connectivity index (χ3n) is 6.93. The number of amides is 1. The molecule has 2 aromatic carbocycles. The molecule has 190 valence electrons. The van der Waals surface area contributed by atoms with Gasteiger partial charge in [-0.15, -0.1) is 0 Å². The van der Waals surface area contributed by atoms with Crippen LogP contribution in [-0.2, 0) is 17.9 Å². The minimum atomic E-state index is -0.549. The summed E-state index contributed by atoms with van der Waals surface area (Å²) in [4.78, 5) is 52.6. The average molecular weight is 499 g/mol. The van der Waals surface area contributed by atoms with Crippen molar-refractivity contribution in [2.24, 2.45) is 0 Å². The van der Waals surface area contributed by atoms with Gasteiger partial charge in [-0.2, -0.15) is 0 Å². The summed E-state index contributed by atoms with van der Waals surface area (Å²) in [7, 11) is 0. The topological polar surface area (TPSA) is 93.3 Å². The van der Waals surface area contributed by atoms with Crippen LogP contribution in [0.15, 0.2) is 64.3 Å². The Morgan fingerprint density at radius 1 is 0.946 bits per heavy atom. The normalized spacial score (nSPS) is 13.8. The fourth-order valence-electron chi connectivity index (χ4n) is 4.94. The van der Waals surface area contributed by atoms with Crippen LogP contribution in [0.2, 0.25) is 0 Å². The zero-order valence-electron chi connectivity index (χ0n) is 21.3. The van der Waals surface area contributed by atoms with Gasteiger partial charge in [0, 0.05) is 50.2 Å². The number of aromatic nitrogens is 4. The van der Waals surface area contributed by atoms with E-state index < -0.39 is 11.2 Å². The van der Waals surface area contributed by atoms with Gasteiger partial charge in [0.1, 0.15) is 11.9 Å². The van der Waals surface area contributed by atoms with Crippen LogP contribution >= 0.6 is 0 Å². The van der Waals surface area contributed by atoms with Crippen LogP contribution in [-0.4, -0.2) is 56.1 Å². The van der Waals surface area contributed by atoms with Crippen molar-refractivity contribution in [2.45, 2.75) is 33.9 Å². The highest BCUT2D eigenvalue weighted by Crippen LogP contribution is 2.22. The van der Waals surface area contributed by atoms with Crippen molar-refractivity contribution >= 4 is 22.6 Å². The molecule has 1 amide bonds. The number of hydrogen-bond acceptors (Lipinski definition) is 6. The Morgan fingerprint density at radius 3 is 2.35 bits per heavy atom. The van der Waals surface area contributed by atoms with Crippen molar-refractivity contribution in [2.75, 3.05) is 31.1 Å². The van der Waals surface area contributed by atoms with Crippen molar-refractivity contribution in [3.05, 3.63) is 86.7 Å². The van der Waals surface area contributed by atoms with Crippen molar-refractivity contribution < 1.29 is 4.79 Å². The molecule has 0 radical (unpaired) electrons. The van der Waals surface area contributed by atoms with Crippen LogP contribution in [0, 0.1) is 13.8 Å². The molecule has 4 aromatic rings. The lowest BCUT2D eigenvalue weighted by atomic mass is 10.1. The second kappa shape index (κ2) is 10.0. The molecule has 37 heavy (non-hydrogen) atoms. The summed E-state index contributed by atoms with van der Waals surface area (Å²) >= 11 is 0. The van der Waals surface area contributed by atoms with E-state index in [9.17, 15) is 14.4 Å². The summed E-state index contributed by atoms with van der Waals surface area (Å²) < 4.78 is 2.44. The highest BCUT2D eigenvalue weighted by atomic mass is 16.2. The molecule has 0 aliphatic carbocycles. The Labute approximate surface area is 214 Å². The van der Waals surface area contributed by atoms with Crippen molar-refractivity contribution in [3.63, 3.8) is 0 Å². The SMILES string of the molecule is CCn1c(=O)n(CC(=O)N2CCN(c3ccc(C)cc3C)CC2)c(=O)c2cnc(-c3ccccc3)nc21. The third-order valence-corrected chi connectivity index (χ3v) is 6.93. The molecule has 2 aromatic heterocycles. The summed E-state index contributed by atoms with van der Waals surface area (Å²) in [6.07, 6.45) is 1.45.